The van der Waals surface area contributed by atoms with E-state index in [2.05, 4.69) is 9.80 Å². The van der Waals surface area contributed by atoms with Crippen molar-refractivity contribution < 1.29 is 27.8 Å². The van der Waals surface area contributed by atoms with Crippen molar-refractivity contribution in [3.05, 3.63) is 71.3 Å². The maximum Gasteiger partial charge on any atom is 0.309 e. The van der Waals surface area contributed by atoms with Crippen molar-refractivity contribution in [1.82, 2.24) is 9.80 Å². The molecule has 2 aliphatic rings. The van der Waals surface area contributed by atoms with Crippen LogP contribution in [0.2, 0.25) is 0 Å². The number of hydrogen-bond donors (Lipinski definition) is 0. The number of piperidine rings is 2. The number of likely N-dealkylation sites (tertiary alicyclic amines) is 2. The summed E-state index contributed by atoms with van der Waals surface area (Å²) in [4.78, 5) is 28.4. The lowest BCUT2D eigenvalue weighted by molar-refractivity contribution is -0.151. The highest BCUT2D eigenvalue weighted by Gasteiger charge is 2.36. The van der Waals surface area contributed by atoms with Crippen LogP contribution in [-0.4, -0.2) is 75.2 Å². The fourth-order valence-corrected chi connectivity index (χ4v) is 5.44. The minimum absolute atomic E-state index is 0.00787. The van der Waals surface area contributed by atoms with Gasteiger partial charge in [-0.2, -0.15) is 0 Å². The van der Waals surface area contributed by atoms with Gasteiger partial charge < -0.3 is 19.3 Å². The Bertz CT molecular complexity index is 983. The van der Waals surface area contributed by atoms with E-state index < -0.39 is 0 Å². The van der Waals surface area contributed by atoms with E-state index in [0.717, 1.165) is 50.1 Å². The van der Waals surface area contributed by atoms with Crippen molar-refractivity contribution in [2.24, 2.45) is 11.8 Å². The van der Waals surface area contributed by atoms with Crippen molar-refractivity contribution in [1.29, 1.82) is 0 Å². The molecule has 4 atom stereocenters. The van der Waals surface area contributed by atoms with E-state index in [0.29, 0.717) is 13.2 Å². The van der Waals surface area contributed by atoms with Gasteiger partial charge in [0.2, 0.25) is 0 Å². The normalized spacial score (nSPS) is 24.2. The summed E-state index contributed by atoms with van der Waals surface area (Å²) in [5, 5.41) is 0. The zero-order valence-corrected chi connectivity index (χ0v) is 22.9. The van der Waals surface area contributed by atoms with Crippen LogP contribution in [0.5, 0.6) is 0 Å². The number of carbonyl (C=O) groups is 2. The molecule has 208 valence electrons. The molecule has 4 rings (SSSR count). The summed E-state index contributed by atoms with van der Waals surface area (Å²) in [6.45, 7) is 7.65. The summed E-state index contributed by atoms with van der Waals surface area (Å²) in [6.07, 6.45) is 1.52. The number of nitrogens with zero attached hydrogens (tertiary/aromatic N) is 2. The molecule has 2 aromatic carbocycles. The van der Waals surface area contributed by atoms with Crippen LogP contribution in [0.4, 0.5) is 8.78 Å². The summed E-state index contributed by atoms with van der Waals surface area (Å²) in [5.41, 5.74) is 1.76. The predicted molar refractivity (Wildman–Crippen MR) is 143 cm³/mol. The van der Waals surface area contributed by atoms with Gasteiger partial charge in [0.05, 0.1) is 25.0 Å². The van der Waals surface area contributed by atoms with E-state index in [1.807, 2.05) is 40.1 Å². The van der Waals surface area contributed by atoms with Gasteiger partial charge in [0.25, 0.3) is 0 Å². The first-order chi connectivity index (χ1) is 18.2. The maximum absolute atomic E-state index is 13.4. The van der Waals surface area contributed by atoms with Crippen molar-refractivity contribution in [3.8, 4) is 0 Å². The maximum atomic E-state index is 13.4. The average molecular weight is 531 g/mol. The largest absolute Gasteiger partial charge is 0.466 e. The zero-order valence-electron chi connectivity index (χ0n) is 22.9. The van der Waals surface area contributed by atoms with E-state index in [4.69, 9.17) is 9.47 Å². The zero-order chi connectivity index (χ0) is 27.7. The van der Waals surface area contributed by atoms with E-state index in [-0.39, 0.29) is 47.2 Å². The monoisotopic (exact) mass is 530 g/mol. The summed E-state index contributed by atoms with van der Waals surface area (Å²) < 4.78 is 37.0. The second kappa shape index (κ2) is 14.4. The Kier molecular flexibility index (Phi) is 11.2. The fraction of sp³-hybridized carbons (Fsp3) is 0.533. The third-order valence-electron chi connectivity index (χ3n) is 7.36. The van der Waals surface area contributed by atoms with E-state index >= 15 is 0 Å². The molecule has 0 unspecified atom stereocenters. The Morgan fingerprint density at radius 2 is 1.16 bits per heavy atom. The Hall–Kier alpha value is -2.84. The molecule has 0 bridgehead atoms. The SMILES string of the molecule is CCOC(=O)[C@@H]1CCN(C)C[C@H]1c1cccc(F)c1.CCOC(=O)[C@H]1CCN(C)C[C@H]1c1cccc(F)c1. The summed E-state index contributed by atoms with van der Waals surface area (Å²) in [6, 6.07) is 13.1. The van der Waals surface area contributed by atoms with Crippen molar-refractivity contribution in [2.75, 3.05) is 53.5 Å². The van der Waals surface area contributed by atoms with Gasteiger partial charge >= 0.3 is 11.9 Å². The first-order valence-electron chi connectivity index (χ1n) is 13.4. The van der Waals surface area contributed by atoms with Crippen LogP contribution in [0.25, 0.3) is 0 Å². The minimum atomic E-state index is -0.256. The van der Waals surface area contributed by atoms with Gasteiger partial charge in [-0.3, -0.25) is 9.59 Å². The summed E-state index contributed by atoms with van der Waals surface area (Å²) in [5.74, 6) is -1.16. The van der Waals surface area contributed by atoms with Crippen LogP contribution < -0.4 is 0 Å². The molecular weight excluding hydrogens is 490 g/mol. The molecule has 2 fully saturated rings. The molecule has 0 N–H and O–H groups in total. The number of rotatable bonds is 6. The summed E-state index contributed by atoms with van der Waals surface area (Å²) in [7, 11) is 4.04. The lowest BCUT2D eigenvalue weighted by Gasteiger charge is -2.35. The van der Waals surface area contributed by atoms with Crippen LogP contribution in [0.15, 0.2) is 48.5 Å². The number of benzene rings is 2. The van der Waals surface area contributed by atoms with E-state index in [9.17, 15) is 18.4 Å². The number of halogens is 2. The van der Waals surface area contributed by atoms with Crippen LogP contribution >= 0.6 is 0 Å². The Balaban J connectivity index is 0.000000211. The highest BCUT2D eigenvalue weighted by Crippen LogP contribution is 2.34. The van der Waals surface area contributed by atoms with Crippen LogP contribution in [-0.2, 0) is 19.1 Å². The molecule has 2 saturated heterocycles. The van der Waals surface area contributed by atoms with E-state index in [1.165, 1.54) is 24.3 Å². The van der Waals surface area contributed by atoms with E-state index in [1.54, 1.807) is 12.1 Å². The highest BCUT2D eigenvalue weighted by molar-refractivity contribution is 5.74. The quantitative estimate of drug-likeness (QED) is 0.498. The van der Waals surface area contributed by atoms with Crippen molar-refractivity contribution in [2.45, 2.75) is 38.5 Å². The third-order valence-corrected chi connectivity index (χ3v) is 7.36. The topological polar surface area (TPSA) is 59.1 Å². The Morgan fingerprint density at radius 1 is 0.763 bits per heavy atom. The molecular formula is C30H40F2N2O4. The number of hydrogen-bond acceptors (Lipinski definition) is 6. The van der Waals surface area contributed by atoms with Gasteiger partial charge in [-0.1, -0.05) is 24.3 Å². The molecule has 6 nitrogen and oxygen atoms in total. The average Bonchev–Trinajstić information content (AvgIpc) is 2.89. The Labute approximate surface area is 224 Å². The molecule has 0 aromatic heterocycles. The Morgan fingerprint density at radius 3 is 1.50 bits per heavy atom. The highest BCUT2D eigenvalue weighted by atomic mass is 19.1. The van der Waals surface area contributed by atoms with Gasteiger partial charge in [0.15, 0.2) is 0 Å². The lowest BCUT2D eigenvalue weighted by atomic mass is 9.81. The van der Waals surface area contributed by atoms with Gasteiger partial charge in [-0.25, -0.2) is 8.78 Å². The number of esters is 2. The molecule has 2 aromatic rings. The molecule has 0 saturated carbocycles. The lowest BCUT2D eigenvalue weighted by Crippen LogP contribution is -2.40. The molecule has 8 heteroatoms. The second-order valence-electron chi connectivity index (χ2n) is 10.1. The number of ether oxygens (including phenoxy) is 2. The smallest absolute Gasteiger partial charge is 0.309 e. The van der Waals surface area contributed by atoms with Crippen LogP contribution in [0.3, 0.4) is 0 Å². The number of likely N-dealkylation sites (N-methyl/N-ethyl adjacent to an activating group) is 2. The van der Waals surface area contributed by atoms with Gasteiger partial charge in [0.1, 0.15) is 11.6 Å². The molecule has 38 heavy (non-hydrogen) atoms. The fourth-order valence-electron chi connectivity index (χ4n) is 5.44. The van der Waals surface area contributed by atoms with Crippen molar-refractivity contribution >= 4 is 11.9 Å². The number of carbonyl (C=O) groups excluding carboxylic acids is 2. The predicted octanol–water partition coefficient (Wildman–Crippen LogP) is 4.85. The molecule has 0 spiro atoms. The minimum Gasteiger partial charge on any atom is -0.466 e. The first-order valence-corrected chi connectivity index (χ1v) is 13.4. The standard InChI is InChI=1S/2C15H20FNO2/c2*1-3-19-15(18)13-7-8-17(2)10-14(13)11-5-4-6-12(16)9-11/h2*4-6,9,13-14H,3,7-8,10H2,1-2H3/t13-,14+;13-,14-/m10/s1. The molecule has 0 radical (unpaired) electrons. The summed E-state index contributed by atoms with van der Waals surface area (Å²) >= 11 is 0. The molecule has 2 heterocycles. The van der Waals surface area contributed by atoms with Gasteiger partial charge in [-0.15, -0.1) is 0 Å². The molecule has 0 amide bonds. The van der Waals surface area contributed by atoms with Crippen LogP contribution in [0, 0.1) is 23.5 Å². The van der Waals surface area contributed by atoms with Crippen molar-refractivity contribution in [3.63, 3.8) is 0 Å². The van der Waals surface area contributed by atoms with Gasteiger partial charge in [-0.05, 0) is 89.3 Å². The first kappa shape index (κ1) is 29.7. The third kappa shape index (κ3) is 8.08. The molecule has 0 aliphatic carbocycles. The second-order valence-corrected chi connectivity index (χ2v) is 10.1. The van der Waals surface area contributed by atoms with Gasteiger partial charge in [0, 0.05) is 24.9 Å². The molecule has 2 aliphatic heterocycles. The van der Waals surface area contributed by atoms with Crippen LogP contribution in [0.1, 0.15) is 49.7 Å².